The van der Waals surface area contributed by atoms with Crippen LogP contribution in [0.5, 0.6) is 23.5 Å². The van der Waals surface area contributed by atoms with Crippen LogP contribution < -0.4 is 14.2 Å². The number of ether oxygens (including phenoxy) is 3. The molecule has 0 radical (unpaired) electrons. The largest absolute Gasteiger partial charge is 0.481 e. The molecule has 0 aliphatic heterocycles. The Morgan fingerprint density at radius 2 is 1.64 bits per heavy atom. The zero-order valence-corrected chi connectivity index (χ0v) is 15.2. The van der Waals surface area contributed by atoms with E-state index in [1.165, 1.54) is 25.3 Å². The smallest absolute Gasteiger partial charge is 0.416 e. The van der Waals surface area contributed by atoms with Gasteiger partial charge in [-0.15, -0.1) is 0 Å². The van der Waals surface area contributed by atoms with Gasteiger partial charge in [-0.1, -0.05) is 35.9 Å². The molecule has 0 amide bonds. The van der Waals surface area contributed by atoms with Crippen molar-refractivity contribution in [3.8, 4) is 23.5 Å². The van der Waals surface area contributed by atoms with Crippen LogP contribution in [0.15, 0.2) is 54.6 Å². The van der Waals surface area contributed by atoms with E-state index >= 15 is 0 Å². The highest BCUT2D eigenvalue weighted by atomic mass is 19.4. The van der Waals surface area contributed by atoms with E-state index in [4.69, 9.17) is 14.2 Å². The Morgan fingerprint density at radius 1 is 0.929 bits per heavy atom. The summed E-state index contributed by atoms with van der Waals surface area (Å²) in [6.07, 6.45) is -4.48. The number of hydrogen-bond donors (Lipinski definition) is 0. The third kappa shape index (κ3) is 5.12. The minimum Gasteiger partial charge on any atom is -0.481 e. The van der Waals surface area contributed by atoms with Crippen LogP contribution in [0.2, 0.25) is 0 Å². The van der Waals surface area contributed by atoms with Crippen molar-refractivity contribution in [2.75, 3.05) is 7.11 Å². The normalized spacial score (nSPS) is 11.2. The first kappa shape index (κ1) is 19.5. The molecule has 2 aromatic carbocycles. The molecule has 5 nitrogen and oxygen atoms in total. The Kier molecular flexibility index (Phi) is 5.67. The molecule has 0 unspecified atom stereocenters. The van der Waals surface area contributed by atoms with E-state index in [0.717, 1.165) is 23.3 Å². The zero-order chi connectivity index (χ0) is 20.1. The minimum absolute atomic E-state index is 0.0486. The van der Waals surface area contributed by atoms with E-state index in [9.17, 15) is 13.2 Å². The predicted octanol–water partition coefficient (Wildman–Crippen LogP) is 5.18. The molecule has 0 aliphatic carbocycles. The van der Waals surface area contributed by atoms with Crippen molar-refractivity contribution in [1.29, 1.82) is 0 Å². The number of alkyl halides is 3. The van der Waals surface area contributed by atoms with Crippen LogP contribution in [0.3, 0.4) is 0 Å². The maximum Gasteiger partial charge on any atom is 0.416 e. The lowest BCUT2D eigenvalue weighted by Gasteiger charge is -2.11. The molecule has 0 atom stereocenters. The number of aromatic nitrogens is 2. The summed E-state index contributed by atoms with van der Waals surface area (Å²) in [5, 5.41) is 0. The van der Waals surface area contributed by atoms with Gasteiger partial charge in [0.05, 0.1) is 18.7 Å². The number of methoxy groups -OCH3 is 1. The van der Waals surface area contributed by atoms with Crippen molar-refractivity contribution in [3.05, 3.63) is 71.3 Å². The summed E-state index contributed by atoms with van der Waals surface area (Å²) < 4.78 is 54.7. The number of nitrogens with zero attached hydrogens (tertiary/aromatic N) is 2. The fourth-order valence-corrected chi connectivity index (χ4v) is 2.29. The van der Waals surface area contributed by atoms with Crippen LogP contribution in [0, 0.1) is 6.92 Å². The van der Waals surface area contributed by atoms with Gasteiger partial charge in [0.2, 0.25) is 11.8 Å². The van der Waals surface area contributed by atoms with Crippen molar-refractivity contribution in [2.45, 2.75) is 19.7 Å². The Morgan fingerprint density at radius 3 is 2.32 bits per heavy atom. The molecule has 146 valence electrons. The topological polar surface area (TPSA) is 53.5 Å². The molecule has 3 rings (SSSR count). The van der Waals surface area contributed by atoms with Crippen LogP contribution in [-0.4, -0.2) is 17.1 Å². The van der Waals surface area contributed by atoms with Crippen LogP contribution in [0.25, 0.3) is 0 Å². The first-order valence-electron chi connectivity index (χ1n) is 8.30. The van der Waals surface area contributed by atoms with Gasteiger partial charge < -0.3 is 14.2 Å². The fraction of sp³-hybridized carbons (Fsp3) is 0.200. The van der Waals surface area contributed by atoms with Crippen LogP contribution in [0.4, 0.5) is 13.2 Å². The first-order chi connectivity index (χ1) is 13.3. The average molecular weight is 390 g/mol. The molecule has 0 bridgehead atoms. The summed E-state index contributed by atoms with van der Waals surface area (Å²) in [7, 11) is 1.40. The molecule has 3 aromatic rings. The van der Waals surface area contributed by atoms with Gasteiger partial charge in [-0.2, -0.15) is 23.1 Å². The van der Waals surface area contributed by atoms with Gasteiger partial charge in [0.15, 0.2) is 0 Å². The molecule has 0 saturated heterocycles. The molecule has 0 spiro atoms. The summed E-state index contributed by atoms with van der Waals surface area (Å²) in [5.74, 6) is 0.290. The summed E-state index contributed by atoms with van der Waals surface area (Å²) in [5.41, 5.74) is 1.23. The average Bonchev–Trinajstić information content (AvgIpc) is 2.67. The molecular weight excluding hydrogens is 373 g/mol. The Hall–Kier alpha value is -3.29. The summed E-state index contributed by atoms with van der Waals surface area (Å²) in [4.78, 5) is 8.07. The second-order valence-corrected chi connectivity index (χ2v) is 5.93. The number of aryl methyl sites for hydroxylation is 1. The highest BCUT2D eigenvalue weighted by Crippen LogP contribution is 2.32. The lowest BCUT2D eigenvalue weighted by molar-refractivity contribution is -0.137. The Labute approximate surface area is 159 Å². The molecule has 1 aromatic heterocycles. The lowest BCUT2D eigenvalue weighted by atomic mass is 10.2. The molecule has 0 aliphatic rings. The first-order valence-corrected chi connectivity index (χ1v) is 8.30. The van der Waals surface area contributed by atoms with E-state index in [2.05, 4.69) is 9.97 Å². The number of halogens is 3. The maximum absolute atomic E-state index is 12.8. The third-order valence-corrected chi connectivity index (χ3v) is 3.75. The predicted molar refractivity (Wildman–Crippen MR) is 95.6 cm³/mol. The van der Waals surface area contributed by atoms with Crippen molar-refractivity contribution in [3.63, 3.8) is 0 Å². The molecule has 0 fully saturated rings. The SMILES string of the molecule is COc1cc(OCc2ccc(C)cc2)nc(Oc2cccc(C(F)(F)F)c2)n1. The van der Waals surface area contributed by atoms with E-state index < -0.39 is 11.7 Å². The van der Waals surface area contributed by atoms with E-state index in [-0.39, 0.29) is 30.1 Å². The standard InChI is InChI=1S/C20H17F3N2O3/c1-13-6-8-14(9-7-13)12-27-18-11-17(26-2)24-19(25-18)28-16-5-3-4-15(10-16)20(21,22)23/h3-11H,12H2,1-2H3. The summed E-state index contributed by atoms with van der Waals surface area (Å²) >= 11 is 0. The molecule has 0 saturated carbocycles. The van der Waals surface area contributed by atoms with E-state index in [0.29, 0.717) is 0 Å². The molecule has 8 heteroatoms. The molecule has 1 heterocycles. The van der Waals surface area contributed by atoms with Crippen molar-refractivity contribution in [1.82, 2.24) is 9.97 Å². The quantitative estimate of drug-likeness (QED) is 0.580. The van der Waals surface area contributed by atoms with Crippen LogP contribution in [0.1, 0.15) is 16.7 Å². The second-order valence-electron chi connectivity index (χ2n) is 5.93. The Balaban J connectivity index is 1.78. The second kappa shape index (κ2) is 8.16. The highest BCUT2D eigenvalue weighted by Gasteiger charge is 2.30. The number of benzene rings is 2. The fourth-order valence-electron chi connectivity index (χ4n) is 2.29. The summed E-state index contributed by atoms with van der Waals surface area (Å²) in [6.45, 7) is 2.24. The van der Waals surface area contributed by atoms with Crippen molar-refractivity contribution >= 4 is 0 Å². The van der Waals surface area contributed by atoms with E-state index in [1.54, 1.807) is 0 Å². The highest BCUT2D eigenvalue weighted by molar-refractivity contribution is 5.33. The third-order valence-electron chi connectivity index (χ3n) is 3.75. The Bertz CT molecular complexity index is 944. The zero-order valence-electron chi connectivity index (χ0n) is 15.2. The monoisotopic (exact) mass is 390 g/mol. The lowest BCUT2D eigenvalue weighted by Crippen LogP contribution is -2.05. The van der Waals surface area contributed by atoms with Gasteiger partial charge in [-0.05, 0) is 30.7 Å². The van der Waals surface area contributed by atoms with Crippen LogP contribution in [-0.2, 0) is 12.8 Å². The molecule has 28 heavy (non-hydrogen) atoms. The number of rotatable bonds is 6. The molecular formula is C20H17F3N2O3. The maximum atomic E-state index is 12.8. The van der Waals surface area contributed by atoms with Crippen molar-refractivity contribution < 1.29 is 27.4 Å². The van der Waals surface area contributed by atoms with Gasteiger partial charge in [0.25, 0.3) is 0 Å². The molecule has 0 N–H and O–H groups in total. The van der Waals surface area contributed by atoms with Gasteiger partial charge >= 0.3 is 12.2 Å². The summed E-state index contributed by atoms with van der Waals surface area (Å²) in [6, 6.07) is 13.5. The minimum atomic E-state index is -4.48. The van der Waals surface area contributed by atoms with Crippen molar-refractivity contribution in [2.24, 2.45) is 0 Å². The van der Waals surface area contributed by atoms with Gasteiger partial charge in [0, 0.05) is 0 Å². The van der Waals surface area contributed by atoms with Gasteiger partial charge in [0.1, 0.15) is 12.4 Å². The van der Waals surface area contributed by atoms with Gasteiger partial charge in [-0.25, -0.2) is 0 Å². The van der Waals surface area contributed by atoms with Crippen LogP contribution >= 0.6 is 0 Å². The van der Waals surface area contributed by atoms with E-state index in [1.807, 2.05) is 31.2 Å². The van der Waals surface area contributed by atoms with Gasteiger partial charge in [-0.3, -0.25) is 0 Å². The number of hydrogen-bond acceptors (Lipinski definition) is 5.